The molecule has 0 radical (unpaired) electrons. The van der Waals surface area contributed by atoms with E-state index >= 15 is 0 Å². The van der Waals surface area contributed by atoms with Gasteiger partial charge in [-0.3, -0.25) is 9.69 Å². The number of ketones is 1. The average molecular weight is 239 g/mol. The first-order chi connectivity index (χ1) is 8.29. The Hall–Kier alpha value is -0.370. The summed E-state index contributed by atoms with van der Waals surface area (Å²) >= 11 is 0. The molecule has 0 aliphatic carbocycles. The van der Waals surface area contributed by atoms with Crippen LogP contribution in [0.3, 0.4) is 0 Å². The van der Waals surface area contributed by atoms with Crippen molar-refractivity contribution >= 4 is 5.78 Å². The lowest BCUT2D eigenvalue weighted by molar-refractivity contribution is -0.118. The molecule has 0 spiro atoms. The highest BCUT2D eigenvalue weighted by molar-refractivity contribution is 5.77. The fourth-order valence-electron chi connectivity index (χ4n) is 2.67. The Morgan fingerprint density at radius 3 is 1.47 bits per heavy atom. The zero-order chi connectivity index (χ0) is 12.3. The molecule has 0 aromatic heterocycles. The van der Waals surface area contributed by atoms with Crippen LogP contribution in [-0.4, -0.2) is 30.3 Å². The standard InChI is InChI=1S/C15H29NO/c1-15(17)14-16-12-10-8-6-4-2-3-5-7-9-11-13-16/h2-14H2,1H3. The second-order valence-electron chi connectivity index (χ2n) is 5.51. The summed E-state index contributed by atoms with van der Waals surface area (Å²) in [6, 6.07) is 0. The maximum Gasteiger partial charge on any atom is 0.143 e. The lowest BCUT2D eigenvalue weighted by Crippen LogP contribution is -2.30. The quantitative estimate of drug-likeness (QED) is 0.730. The van der Waals surface area contributed by atoms with Crippen molar-refractivity contribution in [2.45, 2.75) is 71.1 Å². The SMILES string of the molecule is CC(=O)CN1CCCCCCCCCCCC1. The Morgan fingerprint density at radius 2 is 1.12 bits per heavy atom. The molecule has 1 rings (SSSR count). The predicted molar refractivity (Wildman–Crippen MR) is 73.3 cm³/mol. The van der Waals surface area contributed by atoms with E-state index < -0.39 is 0 Å². The van der Waals surface area contributed by atoms with Gasteiger partial charge in [0.2, 0.25) is 0 Å². The van der Waals surface area contributed by atoms with Crippen molar-refractivity contribution < 1.29 is 4.79 Å². The fourth-order valence-corrected chi connectivity index (χ4v) is 2.67. The predicted octanol–water partition coefficient (Wildman–Crippen LogP) is 3.79. The third-order valence-corrected chi connectivity index (χ3v) is 3.64. The highest BCUT2D eigenvalue weighted by Crippen LogP contribution is 2.12. The van der Waals surface area contributed by atoms with Crippen molar-refractivity contribution in [3.63, 3.8) is 0 Å². The average Bonchev–Trinajstić information content (AvgIpc) is 2.30. The molecule has 1 heterocycles. The first-order valence-electron chi connectivity index (χ1n) is 7.51. The van der Waals surface area contributed by atoms with Crippen molar-refractivity contribution in [3.8, 4) is 0 Å². The van der Waals surface area contributed by atoms with Gasteiger partial charge in [0.05, 0.1) is 6.54 Å². The molecule has 1 aliphatic heterocycles. The van der Waals surface area contributed by atoms with Gasteiger partial charge in [0.15, 0.2) is 0 Å². The molecular formula is C15H29NO. The Balaban J connectivity index is 2.28. The van der Waals surface area contributed by atoms with Gasteiger partial charge in [-0.05, 0) is 32.9 Å². The van der Waals surface area contributed by atoms with Gasteiger partial charge in [-0.25, -0.2) is 0 Å². The van der Waals surface area contributed by atoms with Crippen LogP contribution in [0.2, 0.25) is 0 Å². The van der Waals surface area contributed by atoms with E-state index in [0.29, 0.717) is 12.3 Å². The molecule has 0 aromatic carbocycles. The molecule has 0 amide bonds. The second kappa shape index (κ2) is 9.64. The van der Waals surface area contributed by atoms with E-state index in [9.17, 15) is 4.79 Å². The molecule has 100 valence electrons. The molecule has 1 saturated heterocycles. The van der Waals surface area contributed by atoms with Crippen molar-refractivity contribution in [3.05, 3.63) is 0 Å². The Bertz CT molecular complexity index is 189. The fraction of sp³-hybridized carbons (Fsp3) is 0.933. The molecule has 0 N–H and O–H groups in total. The molecule has 0 atom stereocenters. The lowest BCUT2D eigenvalue weighted by atomic mass is 10.1. The normalized spacial score (nSPS) is 22.2. The minimum absolute atomic E-state index is 0.314. The minimum Gasteiger partial charge on any atom is -0.299 e. The van der Waals surface area contributed by atoms with Crippen LogP contribution >= 0.6 is 0 Å². The summed E-state index contributed by atoms with van der Waals surface area (Å²) in [5.41, 5.74) is 0. The van der Waals surface area contributed by atoms with Crippen LogP contribution in [-0.2, 0) is 4.79 Å². The van der Waals surface area contributed by atoms with Gasteiger partial charge in [-0.15, -0.1) is 0 Å². The van der Waals surface area contributed by atoms with Crippen molar-refractivity contribution in [2.24, 2.45) is 0 Å². The van der Waals surface area contributed by atoms with Gasteiger partial charge in [0.1, 0.15) is 5.78 Å². The molecule has 1 fully saturated rings. The third kappa shape index (κ3) is 8.37. The zero-order valence-electron chi connectivity index (χ0n) is 11.5. The Morgan fingerprint density at radius 1 is 0.765 bits per heavy atom. The molecular weight excluding hydrogens is 210 g/mol. The van der Waals surface area contributed by atoms with E-state index in [1.807, 2.05) is 0 Å². The molecule has 0 unspecified atom stereocenters. The summed E-state index contributed by atoms with van der Waals surface area (Å²) in [4.78, 5) is 13.6. The maximum absolute atomic E-state index is 11.2. The van der Waals surface area contributed by atoms with Crippen LogP contribution in [0.15, 0.2) is 0 Å². The highest BCUT2D eigenvalue weighted by atomic mass is 16.1. The van der Waals surface area contributed by atoms with E-state index in [1.54, 1.807) is 6.92 Å². The maximum atomic E-state index is 11.2. The van der Waals surface area contributed by atoms with Crippen LogP contribution in [0, 0.1) is 0 Å². The van der Waals surface area contributed by atoms with E-state index in [-0.39, 0.29) is 0 Å². The molecule has 0 bridgehead atoms. The topological polar surface area (TPSA) is 20.3 Å². The number of nitrogens with zero attached hydrogens (tertiary/aromatic N) is 1. The first kappa shape index (κ1) is 14.7. The van der Waals surface area contributed by atoms with E-state index in [4.69, 9.17) is 0 Å². The van der Waals surface area contributed by atoms with Crippen molar-refractivity contribution in [1.82, 2.24) is 4.90 Å². The summed E-state index contributed by atoms with van der Waals surface area (Å²) < 4.78 is 0. The number of hydrogen-bond acceptors (Lipinski definition) is 2. The minimum atomic E-state index is 0.314. The zero-order valence-corrected chi connectivity index (χ0v) is 11.5. The number of Topliss-reactive ketones (excluding diaryl/α,β-unsaturated/α-hetero) is 1. The number of carbonyl (C=O) groups is 1. The lowest BCUT2D eigenvalue weighted by Gasteiger charge is -2.20. The van der Waals surface area contributed by atoms with Gasteiger partial charge in [0, 0.05) is 0 Å². The van der Waals surface area contributed by atoms with Crippen molar-refractivity contribution in [2.75, 3.05) is 19.6 Å². The summed E-state index contributed by atoms with van der Waals surface area (Å²) in [5.74, 6) is 0.314. The smallest absolute Gasteiger partial charge is 0.143 e. The number of rotatable bonds is 2. The Kier molecular flexibility index (Phi) is 8.33. The van der Waals surface area contributed by atoms with Gasteiger partial charge < -0.3 is 0 Å². The monoisotopic (exact) mass is 239 g/mol. The van der Waals surface area contributed by atoms with E-state index in [0.717, 1.165) is 13.1 Å². The summed E-state index contributed by atoms with van der Waals surface area (Å²) in [5, 5.41) is 0. The molecule has 0 saturated carbocycles. The highest BCUT2D eigenvalue weighted by Gasteiger charge is 2.07. The van der Waals surface area contributed by atoms with Crippen LogP contribution < -0.4 is 0 Å². The van der Waals surface area contributed by atoms with Crippen molar-refractivity contribution in [1.29, 1.82) is 0 Å². The summed E-state index contributed by atoms with van der Waals surface area (Å²) in [6.07, 6.45) is 13.7. The van der Waals surface area contributed by atoms with Crippen LogP contribution in [0.25, 0.3) is 0 Å². The molecule has 17 heavy (non-hydrogen) atoms. The Labute approximate surface area is 107 Å². The molecule has 2 heteroatoms. The van der Waals surface area contributed by atoms with Crippen LogP contribution in [0.1, 0.15) is 71.1 Å². The third-order valence-electron chi connectivity index (χ3n) is 3.64. The molecule has 2 nitrogen and oxygen atoms in total. The molecule has 0 aromatic rings. The number of carbonyl (C=O) groups excluding carboxylic acids is 1. The summed E-state index contributed by atoms with van der Waals surface area (Å²) in [6.45, 7) is 4.63. The van der Waals surface area contributed by atoms with Crippen LogP contribution in [0.5, 0.6) is 0 Å². The summed E-state index contributed by atoms with van der Waals surface area (Å²) in [7, 11) is 0. The molecule has 1 aliphatic rings. The number of hydrogen-bond donors (Lipinski definition) is 0. The first-order valence-corrected chi connectivity index (χ1v) is 7.51. The van der Waals surface area contributed by atoms with E-state index in [1.165, 1.54) is 64.2 Å². The van der Waals surface area contributed by atoms with Gasteiger partial charge in [-0.2, -0.15) is 0 Å². The van der Waals surface area contributed by atoms with E-state index in [2.05, 4.69) is 4.90 Å². The largest absolute Gasteiger partial charge is 0.299 e. The second-order valence-corrected chi connectivity index (χ2v) is 5.51. The van der Waals surface area contributed by atoms with Gasteiger partial charge in [-0.1, -0.05) is 51.4 Å². The van der Waals surface area contributed by atoms with Gasteiger partial charge in [0.25, 0.3) is 0 Å². The van der Waals surface area contributed by atoms with Gasteiger partial charge >= 0.3 is 0 Å². The van der Waals surface area contributed by atoms with Crippen LogP contribution in [0.4, 0.5) is 0 Å².